The molecule has 0 spiro atoms. The SMILES string of the molecule is CNC(=O)CCCCc1cccc2c1OCCO2. The summed E-state index contributed by atoms with van der Waals surface area (Å²) in [6, 6.07) is 5.98. The largest absolute Gasteiger partial charge is 0.486 e. The number of nitrogens with one attached hydrogen (secondary N) is 1. The molecule has 0 bridgehead atoms. The number of fused-ring (bicyclic) bond motifs is 1. The number of unbranched alkanes of at least 4 members (excludes halogenated alkanes) is 1. The van der Waals surface area contributed by atoms with Gasteiger partial charge < -0.3 is 14.8 Å². The van der Waals surface area contributed by atoms with Crippen LogP contribution < -0.4 is 14.8 Å². The molecule has 1 aromatic rings. The molecule has 4 heteroatoms. The summed E-state index contributed by atoms with van der Waals surface area (Å²) in [4.78, 5) is 11.1. The lowest BCUT2D eigenvalue weighted by molar-refractivity contribution is -0.120. The third kappa shape index (κ3) is 3.15. The predicted molar refractivity (Wildman–Crippen MR) is 69.1 cm³/mol. The van der Waals surface area contributed by atoms with Crippen LogP contribution in [0.25, 0.3) is 0 Å². The number of rotatable bonds is 5. The average Bonchev–Trinajstić information content (AvgIpc) is 2.43. The van der Waals surface area contributed by atoms with Crippen LogP contribution in [0.5, 0.6) is 11.5 Å². The molecule has 1 aromatic carbocycles. The Morgan fingerprint density at radius 1 is 1.28 bits per heavy atom. The van der Waals surface area contributed by atoms with E-state index in [1.165, 1.54) is 5.56 Å². The molecule has 2 rings (SSSR count). The summed E-state index contributed by atoms with van der Waals surface area (Å²) < 4.78 is 11.2. The van der Waals surface area contributed by atoms with Crippen molar-refractivity contribution in [3.8, 4) is 11.5 Å². The van der Waals surface area contributed by atoms with Gasteiger partial charge >= 0.3 is 0 Å². The van der Waals surface area contributed by atoms with Crippen molar-refractivity contribution in [3.05, 3.63) is 23.8 Å². The van der Waals surface area contributed by atoms with E-state index >= 15 is 0 Å². The molecule has 0 saturated carbocycles. The minimum Gasteiger partial charge on any atom is -0.486 e. The summed E-state index contributed by atoms with van der Waals surface area (Å²) in [5, 5.41) is 2.63. The van der Waals surface area contributed by atoms with Crippen molar-refractivity contribution in [1.29, 1.82) is 0 Å². The predicted octanol–water partition coefficient (Wildman–Crippen LogP) is 1.92. The Balaban J connectivity index is 1.88. The van der Waals surface area contributed by atoms with Crippen molar-refractivity contribution < 1.29 is 14.3 Å². The van der Waals surface area contributed by atoms with Gasteiger partial charge in [-0.15, -0.1) is 0 Å². The first kappa shape index (κ1) is 12.7. The number of ether oxygens (including phenoxy) is 2. The summed E-state index contributed by atoms with van der Waals surface area (Å²) in [6.45, 7) is 1.23. The van der Waals surface area contributed by atoms with E-state index in [2.05, 4.69) is 11.4 Å². The van der Waals surface area contributed by atoms with E-state index in [0.717, 1.165) is 30.8 Å². The zero-order valence-corrected chi connectivity index (χ0v) is 10.7. The summed E-state index contributed by atoms with van der Waals surface area (Å²) in [7, 11) is 1.67. The molecule has 0 aliphatic carbocycles. The lowest BCUT2D eigenvalue weighted by Gasteiger charge is -2.20. The van der Waals surface area contributed by atoms with Gasteiger partial charge in [-0.05, 0) is 30.9 Å². The van der Waals surface area contributed by atoms with Crippen LogP contribution in [-0.4, -0.2) is 26.2 Å². The third-order valence-electron chi connectivity index (χ3n) is 3.03. The lowest BCUT2D eigenvalue weighted by atomic mass is 10.0. The van der Waals surface area contributed by atoms with E-state index in [4.69, 9.17) is 9.47 Å². The third-order valence-corrected chi connectivity index (χ3v) is 3.03. The molecule has 0 aromatic heterocycles. The highest BCUT2D eigenvalue weighted by Crippen LogP contribution is 2.34. The van der Waals surface area contributed by atoms with Crippen LogP contribution in [0.3, 0.4) is 0 Å². The minimum atomic E-state index is 0.102. The zero-order chi connectivity index (χ0) is 12.8. The second-order valence-electron chi connectivity index (χ2n) is 4.32. The highest BCUT2D eigenvalue weighted by atomic mass is 16.6. The van der Waals surface area contributed by atoms with E-state index in [1.54, 1.807) is 7.05 Å². The molecule has 1 N–H and O–H groups in total. The quantitative estimate of drug-likeness (QED) is 0.811. The maximum atomic E-state index is 11.1. The topological polar surface area (TPSA) is 47.6 Å². The second kappa shape index (κ2) is 6.28. The Morgan fingerprint density at radius 3 is 2.94 bits per heavy atom. The van der Waals surface area contributed by atoms with Gasteiger partial charge in [0, 0.05) is 13.5 Å². The molecule has 18 heavy (non-hydrogen) atoms. The monoisotopic (exact) mass is 249 g/mol. The molecule has 0 atom stereocenters. The number of benzene rings is 1. The number of hydrogen-bond donors (Lipinski definition) is 1. The van der Waals surface area contributed by atoms with Gasteiger partial charge in [-0.25, -0.2) is 0 Å². The number of amides is 1. The second-order valence-corrected chi connectivity index (χ2v) is 4.32. The first-order valence-electron chi connectivity index (χ1n) is 6.39. The molecule has 0 saturated heterocycles. The molecule has 0 fully saturated rings. The summed E-state index contributed by atoms with van der Waals surface area (Å²) >= 11 is 0. The fraction of sp³-hybridized carbons (Fsp3) is 0.500. The van der Waals surface area contributed by atoms with Gasteiger partial charge in [-0.3, -0.25) is 4.79 Å². The molecule has 1 aliphatic heterocycles. The molecule has 1 heterocycles. The fourth-order valence-corrected chi connectivity index (χ4v) is 2.06. The van der Waals surface area contributed by atoms with E-state index in [0.29, 0.717) is 19.6 Å². The van der Waals surface area contributed by atoms with Crippen LogP contribution >= 0.6 is 0 Å². The van der Waals surface area contributed by atoms with Crippen LogP contribution in [0.4, 0.5) is 0 Å². The number of aryl methyl sites for hydroxylation is 1. The van der Waals surface area contributed by atoms with Gasteiger partial charge in [0.2, 0.25) is 5.91 Å². The molecule has 4 nitrogen and oxygen atoms in total. The van der Waals surface area contributed by atoms with E-state index in [-0.39, 0.29) is 5.91 Å². The van der Waals surface area contributed by atoms with Crippen molar-refractivity contribution >= 4 is 5.91 Å². The van der Waals surface area contributed by atoms with Gasteiger partial charge in [0.15, 0.2) is 11.5 Å². The number of carbonyl (C=O) groups is 1. The standard InChI is InChI=1S/C14H19NO3/c1-15-13(16)8-3-2-5-11-6-4-7-12-14(11)18-10-9-17-12/h4,6-7H,2-3,5,8-10H2,1H3,(H,15,16). The van der Waals surface area contributed by atoms with Crippen LogP contribution in [0.1, 0.15) is 24.8 Å². The van der Waals surface area contributed by atoms with Crippen LogP contribution in [0, 0.1) is 0 Å². The molecule has 0 unspecified atom stereocenters. The summed E-state index contributed by atoms with van der Waals surface area (Å²) in [6.07, 6.45) is 3.38. The van der Waals surface area contributed by atoms with Crippen molar-refractivity contribution in [1.82, 2.24) is 5.32 Å². The average molecular weight is 249 g/mol. The number of para-hydroxylation sites is 1. The molecule has 98 valence electrons. The molecule has 0 radical (unpaired) electrons. The van der Waals surface area contributed by atoms with Crippen LogP contribution in [-0.2, 0) is 11.2 Å². The Bertz CT molecular complexity index is 418. The zero-order valence-electron chi connectivity index (χ0n) is 10.7. The molecule has 1 amide bonds. The number of hydrogen-bond acceptors (Lipinski definition) is 3. The Kier molecular flexibility index (Phi) is 4.45. The number of carbonyl (C=O) groups excluding carboxylic acids is 1. The molecule has 1 aliphatic rings. The molecular weight excluding hydrogens is 230 g/mol. The highest BCUT2D eigenvalue weighted by molar-refractivity contribution is 5.75. The van der Waals surface area contributed by atoms with E-state index < -0.39 is 0 Å². The Hall–Kier alpha value is -1.71. The van der Waals surface area contributed by atoms with E-state index in [9.17, 15) is 4.79 Å². The first-order chi connectivity index (χ1) is 8.81. The van der Waals surface area contributed by atoms with E-state index in [1.807, 2.05) is 12.1 Å². The molecular formula is C14H19NO3. The van der Waals surface area contributed by atoms with Gasteiger partial charge in [0.1, 0.15) is 13.2 Å². The highest BCUT2D eigenvalue weighted by Gasteiger charge is 2.14. The first-order valence-corrected chi connectivity index (χ1v) is 6.39. The maximum Gasteiger partial charge on any atom is 0.219 e. The van der Waals surface area contributed by atoms with Crippen LogP contribution in [0.15, 0.2) is 18.2 Å². The smallest absolute Gasteiger partial charge is 0.219 e. The van der Waals surface area contributed by atoms with Crippen molar-refractivity contribution in [2.75, 3.05) is 20.3 Å². The van der Waals surface area contributed by atoms with Crippen molar-refractivity contribution in [2.24, 2.45) is 0 Å². The normalized spacial score (nSPS) is 13.2. The van der Waals surface area contributed by atoms with Gasteiger partial charge in [-0.1, -0.05) is 12.1 Å². The van der Waals surface area contributed by atoms with Crippen molar-refractivity contribution in [3.63, 3.8) is 0 Å². The van der Waals surface area contributed by atoms with Crippen molar-refractivity contribution in [2.45, 2.75) is 25.7 Å². The Labute approximate surface area is 107 Å². The van der Waals surface area contributed by atoms with Gasteiger partial charge in [-0.2, -0.15) is 0 Å². The van der Waals surface area contributed by atoms with Gasteiger partial charge in [0.05, 0.1) is 0 Å². The summed E-state index contributed by atoms with van der Waals surface area (Å²) in [5.41, 5.74) is 1.17. The fourth-order valence-electron chi connectivity index (χ4n) is 2.06. The lowest BCUT2D eigenvalue weighted by Crippen LogP contribution is -2.17. The van der Waals surface area contributed by atoms with Crippen LogP contribution in [0.2, 0.25) is 0 Å². The minimum absolute atomic E-state index is 0.102. The maximum absolute atomic E-state index is 11.1. The Morgan fingerprint density at radius 2 is 2.11 bits per heavy atom. The van der Waals surface area contributed by atoms with Gasteiger partial charge in [0.25, 0.3) is 0 Å². The summed E-state index contributed by atoms with van der Waals surface area (Å²) in [5.74, 6) is 1.82.